The summed E-state index contributed by atoms with van der Waals surface area (Å²) in [5.41, 5.74) is 0. The second-order valence-electron chi connectivity index (χ2n) is 8.76. The number of imide groups is 1. The molecule has 3 heterocycles. The Labute approximate surface area is 171 Å². The van der Waals surface area contributed by atoms with Gasteiger partial charge in [0.2, 0.25) is 11.8 Å². The van der Waals surface area contributed by atoms with Crippen molar-refractivity contribution in [3.63, 3.8) is 0 Å². The van der Waals surface area contributed by atoms with Crippen LogP contribution in [0.15, 0.2) is 36.5 Å². The summed E-state index contributed by atoms with van der Waals surface area (Å²) in [5, 5.41) is 10.6. The number of aliphatic hydroxyl groups is 1. The highest BCUT2D eigenvalue weighted by Gasteiger charge is 2.56. The lowest BCUT2D eigenvalue weighted by Crippen LogP contribution is -2.50. The molecule has 29 heavy (non-hydrogen) atoms. The zero-order chi connectivity index (χ0) is 20.0. The third-order valence-electron chi connectivity index (χ3n) is 7.06. The minimum atomic E-state index is -0.713. The molecule has 154 valence electrons. The van der Waals surface area contributed by atoms with Crippen molar-refractivity contribution in [2.75, 3.05) is 44.2 Å². The van der Waals surface area contributed by atoms with Gasteiger partial charge >= 0.3 is 0 Å². The van der Waals surface area contributed by atoms with E-state index >= 15 is 0 Å². The number of piperazine rings is 1. The smallest absolute Gasteiger partial charge is 0.233 e. The molecule has 5 atom stereocenters. The second kappa shape index (κ2) is 7.54. The summed E-state index contributed by atoms with van der Waals surface area (Å²) < 4.78 is 0. The molecule has 3 fully saturated rings. The molecule has 7 nitrogen and oxygen atoms in total. The zero-order valence-corrected chi connectivity index (χ0v) is 16.6. The minimum absolute atomic E-state index is 0.0712. The van der Waals surface area contributed by atoms with E-state index in [2.05, 4.69) is 26.9 Å². The van der Waals surface area contributed by atoms with Crippen LogP contribution in [0.5, 0.6) is 0 Å². The van der Waals surface area contributed by atoms with Crippen LogP contribution >= 0.6 is 0 Å². The van der Waals surface area contributed by atoms with Gasteiger partial charge in [-0.2, -0.15) is 0 Å². The Balaban J connectivity index is 1.15. The summed E-state index contributed by atoms with van der Waals surface area (Å²) in [4.78, 5) is 36.0. The highest BCUT2D eigenvalue weighted by atomic mass is 16.3. The predicted octanol–water partition coefficient (Wildman–Crippen LogP) is 0.762. The van der Waals surface area contributed by atoms with Crippen LogP contribution in [-0.4, -0.2) is 77.1 Å². The van der Waals surface area contributed by atoms with E-state index in [0.717, 1.165) is 44.8 Å². The molecule has 0 spiro atoms. The monoisotopic (exact) mass is 396 g/mol. The molecule has 5 aliphatic rings. The number of carbonyl (C=O) groups excluding carboxylic acids is 2. The molecule has 1 saturated carbocycles. The van der Waals surface area contributed by atoms with Crippen molar-refractivity contribution in [2.45, 2.75) is 18.9 Å². The number of rotatable bonds is 5. The maximum Gasteiger partial charge on any atom is 0.233 e. The highest BCUT2D eigenvalue weighted by molar-refractivity contribution is 6.06. The summed E-state index contributed by atoms with van der Waals surface area (Å²) in [6, 6.07) is 5.91. The molecule has 2 amide bonds. The van der Waals surface area contributed by atoms with Gasteiger partial charge in [0.15, 0.2) is 0 Å². The number of hydrogen-bond acceptors (Lipinski definition) is 6. The highest BCUT2D eigenvalue weighted by Crippen LogP contribution is 2.49. The molecule has 3 unspecified atom stereocenters. The van der Waals surface area contributed by atoms with Crippen LogP contribution in [0.4, 0.5) is 5.82 Å². The van der Waals surface area contributed by atoms with Gasteiger partial charge in [-0.1, -0.05) is 18.2 Å². The molecule has 2 aliphatic heterocycles. The summed E-state index contributed by atoms with van der Waals surface area (Å²) in [6.07, 6.45) is 7.34. The third kappa shape index (κ3) is 3.36. The number of likely N-dealkylation sites (tertiary alicyclic amines) is 1. The van der Waals surface area contributed by atoms with E-state index in [9.17, 15) is 14.7 Å². The maximum atomic E-state index is 12.9. The summed E-state index contributed by atoms with van der Waals surface area (Å²) >= 11 is 0. The van der Waals surface area contributed by atoms with Crippen LogP contribution in [0.1, 0.15) is 12.8 Å². The predicted molar refractivity (Wildman–Crippen MR) is 108 cm³/mol. The van der Waals surface area contributed by atoms with Gasteiger partial charge in [0.25, 0.3) is 0 Å². The average Bonchev–Trinajstić information content (AvgIpc) is 3.03. The van der Waals surface area contributed by atoms with Crippen molar-refractivity contribution < 1.29 is 14.7 Å². The van der Waals surface area contributed by atoms with Crippen molar-refractivity contribution in [1.82, 2.24) is 14.8 Å². The van der Waals surface area contributed by atoms with Crippen molar-refractivity contribution in [1.29, 1.82) is 0 Å². The molecular formula is C22H28N4O3. The zero-order valence-electron chi connectivity index (χ0n) is 16.6. The first kappa shape index (κ1) is 18.8. The fourth-order valence-corrected chi connectivity index (χ4v) is 5.58. The number of amides is 2. The van der Waals surface area contributed by atoms with E-state index in [-0.39, 0.29) is 42.0 Å². The van der Waals surface area contributed by atoms with E-state index in [1.54, 1.807) is 6.20 Å². The van der Waals surface area contributed by atoms with Gasteiger partial charge in [-0.3, -0.25) is 19.4 Å². The normalized spacial score (nSPS) is 32.7. The number of pyridine rings is 1. The van der Waals surface area contributed by atoms with Crippen LogP contribution in [0.2, 0.25) is 0 Å². The van der Waals surface area contributed by atoms with E-state index < -0.39 is 6.10 Å². The number of fused-ring (bicyclic) bond motifs is 1. The number of carbonyl (C=O) groups is 2. The average molecular weight is 396 g/mol. The quantitative estimate of drug-likeness (QED) is 0.585. The number of anilines is 1. The first-order valence-electron chi connectivity index (χ1n) is 10.7. The van der Waals surface area contributed by atoms with E-state index in [0.29, 0.717) is 6.54 Å². The topological polar surface area (TPSA) is 77.0 Å². The van der Waals surface area contributed by atoms with E-state index in [1.807, 2.05) is 18.2 Å². The Morgan fingerprint density at radius 3 is 2.17 bits per heavy atom. The van der Waals surface area contributed by atoms with Gasteiger partial charge < -0.3 is 10.0 Å². The van der Waals surface area contributed by atoms with Crippen LogP contribution in [0.3, 0.4) is 0 Å². The lowest BCUT2D eigenvalue weighted by molar-refractivity contribution is -0.142. The molecule has 1 N–H and O–H groups in total. The SMILES string of the molecule is O=C1[C@@H]2C3C=CC(CC3)[C@@H]2C(=O)N1CC(O)CN1CCN(c2ccccn2)CC1. The van der Waals surface area contributed by atoms with Gasteiger partial charge in [-0.05, 0) is 36.8 Å². The molecule has 0 aromatic carbocycles. The van der Waals surface area contributed by atoms with Crippen LogP contribution in [0, 0.1) is 23.7 Å². The summed E-state index contributed by atoms with van der Waals surface area (Å²) in [6.45, 7) is 3.96. The third-order valence-corrected chi connectivity index (χ3v) is 7.06. The van der Waals surface area contributed by atoms with Gasteiger partial charge in [-0.15, -0.1) is 0 Å². The van der Waals surface area contributed by atoms with Crippen LogP contribution in [-0.2, 0) is 9.59 Å². The van der Waals surface area contributed by atoms with Crippen LogP contribution < -0.4 is 4.90 Å². The van der Waals surface area contributed by atoms with Gasteiger partial charge in [0.1, 0.15) is 5.82 Å². The number of allylic oxidation sites excluding steroid dienone is 2. The minimum Gasteiger partial charge on any atom is -0.390 e. The first-order valence-corrected chi connectivity index (χ1v) is 10.7. The molecule has 7 heteroatoms. The standard InChI is InChI=1S/C22H28N4O3/c27-17(13-24-9-11-25(12-10-24)18-3-1-2-8-23-18)14-26-21(28)19-15-4-5-16(7-6-15)20(19)22(26)29/h1-5,8,15-17,19-20,27H,6-7,9-14H2/t15?,16?,17?,19-,20+. The Kier molecular flexibility index (Phi) is 4.87. The fourth-order valence-electron chi connectivity index (χ4n) is 5.58. The Morgan fingerprint density at radius 1 is 0.966 bits per heavy atom. The van der Waals surface area contributed by atoms with Crippen molar-refractivity contribution >= 4 is 17.6 Å². The first-order chi connectivity index (χ1) is 14.1. The molecule has 1 aromatic rings. The second-order valence-corrected chi connectivity index (χ2v) is 8.76. The maximum absolute atomic E-state index is 12.9. The number of aromatic nitrogens is 1. The Morgan fingerprint density at radius 2 is 1.62 bits per heavy atom. The van der Waals surface area contributed by atoms with Gasteiger partial charge in [0, 0.05) is 38.9 Å². The van der Waals surface area contributed by atoms with Crippen LogP contribution in [0.25, 0.3) is 0 Å². The van der Waals surface area contributed by atoms with Gasteiger partial charge in [0.05, 0.1) is 24.5 Å². The lowest BCUT2D eigenvalue weighted by atomic mass is 9.63. The van der Waals surface area contributed by atoms with Crippen molar-refractivity contribution in [3.05, 3.63) is 36.5 Å². The molecular weight excluding hydrogens is 368 g/mol. The fraction of sp³-hybridized carbons (Fsp3) is 0.591. The summed E-state index contributed by atoms with van der Waals surface area (Å²) in [5.74, 6) is 0.843. The molecule has 2 saturated heterocycles. The molecule has 2 bridgehead atoms. The number of hydrogen-bond donors (Lipinski definition) is 1. The molecule has 1 aromatic heterocycles. The largest absolute Gasteiger partial charge is 0.390 e. The Hall–Kier alpha value is -2.25. The van der Waals surface area contributed by atoms with Crippen molar-refractivity contribution in [2.24, 2.45) is 23.7 Å². The van der Waals surface area contributed by atoms with E-state index in [4.69, 9.17) is 0 Å². The molecule has 0 radical (unpaired) electrons. The van der Waals surface area contributed by atoms with E-state index in [1.165, 1.54) is 4.90 Å². The number of nitrogens with zero attached hydrogens (tertiary/aromatic N) is 4. The molecule has 3 aliphatic carbocycles. The number of aliphatic hydroxyl groups excluding tert-OH is 1. The summed E-state index contributed by atoms with van der Waals surface area (Å²) in [7, 11) is 0. The molecule has 6 rings (SSSR count). The Bertz CT molecular complexity index is 774. The lowest BCUT2D eigenvalue weighted by Gasteiger charge is -2.38. The number of β-amino-alcohol motifs (C(OH)–C–C–N with tert-alkyl or cyclic N) is 1. The van der Waals surface area contributed by atoms with Gasteiger partial charge in [-0.25, -0.2) is 4.98 Å². The van der Waals surface area contributed by atoms with Crippen molar-refractivity contribution in [3.8, 4) is 0 Å².